The summed E-state index contributed by atoms with van der Waals surface area (Å²) in [7, 11) is 0. The Hall–Kier alpha value is -1.00. The number of rotatable bonds is 4. The summed E-state index contributed by atoms with van der Waals surface area (Å²) in [6.45, 7) is 0.277. The van der Waals surface area contributed by atoms with Crippen molar-refractivity contribution in [1.29, 1.82) is 0 Å². The lowest BCUT2D eigenvalue weighted by molar-refractivity contribution is 0.134. The molecule has 0 bridgehead atoms. The van der Waals surface area contributed by atoms with E-state index in [2.05, 4.69) is 0 Å². The van der Waals surface area contributed by atoms with Crippen LogP contribution in [0.5, 0.6) is 0 Å². The van der Waals surface area contributed by atoms with Crippen LogP contribution in [0.2, 0.25) is 0 Å². The molecule has 1 unspecified atom stereocenters. The molecule has 14 heavy (non-hydrogen) atoms. The van der Waals surface area contributed by atoms with E-state index in [0.29, 0.717) is 6.42 Å². The summed E-state index contributed by atoms with van der Waals surface area (Å²) in [4.78, 5) is 0. The van der Waals surface area contributed by atoms with Crippen LogP contribution in [0, 0.1) is 0 Å². The van der Waals surface area contributed by atoms with Gasteiger partial charge in [0.15, 0.2) is 0 Å². The predicted molar refractivity (Wildman–Crippen MR) is 50.0 cm³/mol. The first-order chi connectivity index (χ1) is 6.66. The van der Waals surface area contributed by atoms with E-state index in [1.165, 1.54) is 18.2 Å². The third-order valence-corrected chi connectivity index (χ3v) is 2.03. The van der Waals surface area contributed by atoms with E-state index in [1.54, 1.807) is 6.07 Å². The van der Waals surface area contributed by atoms with Crippen molar-refractivity contribution in [2.24, 2.45) is 5.73 Å². The smallest absolute Gasteiger partial charge is 0.264 e. The molecule has 0 fully saturated rings. The van der Waals surface area contributed by atoms with Gasteiger partial charge >= 0.3 is 0 Å². The molecule has 1 aromatic rings. The lowest BCUT2D eigenvalue weighted by Gasteiger charge is -2.13. The van der Waals surface area contributed by atoms with E-state index in [0.717, 1.165) is 0 Å². The molecule has 0 aromatic heterocycles. The van der Waals surface area contributed by atoms with Crippen molar-refractivity contribution in [3.63, 3.8) is 0 Å². The quantitative estimate of drug-likeness (QED) is 0.782. The minimum absolute atomic E-state index is 0.117. The molecule has 78 valence electrons. The molecule has 1 rings (SSSR count). The lowest BCUT2D eigenvalue weighted by atomic mass is 10.0. The first-order valence-corrected chi connectivity index (χ1v) is 4.42. The van der Waals surface area contributed by atoms with Gasteiger partial charge in [0.2, 0.25) is 0 Å². The Morgan fingerprint density at radius 3 is 2.29 bits per heavy atom. The summed E-state index contributed by atoms with van der Waals surface area (Å²) in [6, 6.07) is 5.97. The number of hydrogen-bond donors (Lipinski definition) is 2. The summed E-state index contributed by atoms with van der Waals surface area (Å²) in [6.07, 6.45) is -3.16. The second-order valence-corrected chi connectivity index (χ2v) is 3.02. The zero-order valence-corrected chi connectivity index (χ0v) is 7.66. The first kappa shape index (κ1) is 11.1. The molecule has 1 atom stereocenters. The maximum atomic E-state index is 12.5. The van der Waals surface area contributed by atoms with Gasteiger partial charge in [-0.05, 0) is 18.5 Å². The standard InChI is InChI=1S/C10H13F2NO/c11-10(12)8-4-2-1-3-7(8)9(14)5-6-13/h1-4,9-10,14H,5-6,13H2. The maximum absolute atomic E-state index is 12.5. The SMILES string of the molecule is NCCC(O)c1ccccc1C(F)F. The normalized spacial score (nSPS) is 13.2. The maximum Gasteiger partial charge on any atom is 0.264 e. The topological polar surface area (TPSA) is 46.2 Å². The van der Waals surface area contributed by atoms with Gasteiger partial charge in [-0.15, -0.1) is 0 Å². The number of hydrogen-bond acceptors (Lipinski definition) is 2. The Kier molecular flexibility index (Phi) is 3.98. The molecule has 0 spiro atoms. The van der Waals surface area contributed by atoms with E-state index in [-0.39, 0.29) is 17.7 Å². The molecule has 2 nitrogen and oxygen atoms in total. The van der Waals surface area contributed by atoms with Gasteiger partial charge in [-0.3, -0.25) is 0 Å². The lowest BCUT2D eigenvalue weighted by Crippen LogP contribution is -2.08. The Labute approximate surface area is 81.4 Å². The minimum atomic E-state index is -2.56. The second-order valence-electron chi connectivity index (χ2n) is 3.02. The number of alkyl halides is 2. The third kappa shape index (κ3) is 2.49. The molecule has 0 aliphatic rings. The van der Waals surface area contributed by atoms with Crippen molar-refractivity contribution in [1.82, 2.24) is 0 Å². The molecule has 0 saturated heterocycles. The molecule has 0 saturated carbocycles. The van der Waals surface area contributed by atoms with Crippen molar-refractivity contribution in [3.05, 3.63) is 35.4 Å². The zero-order valence-electron chi connectivity index (χ0n) is 7.66. The molecule has 0 amide bonds. The van der Waals surface area contributed by atoms with Crippen molar-refractivity contribution >= 4 is 0 Å². The highest BCUT2D eigenvalue weighted by molar-refractivity contribution is 5.29. The number of halogens is 2. The predicted octanol–water partition coefficient (Wildman–Crippen LogP) is 2.01. The van der Waals surface area contributed by atoms with Crippen molar-refractivity contribution in [3.8, 4) is 0 Å². The Bertz CT molecular complexity index is 291. The molecular weight excluding hydrogens is 188 g/mol. The fourth-order valence-electron chi connectivity index (χ4n) is 1.33. The fraction of sp³-hybridized carbons (Fsp3) is 0.400. The van der Waals surface area contributed by atoms with Gasteiger partial charge in [0.25, 0.3) is 6.43 Å². The van der Waals surface area contributed by atoms with Crippen LogP contribution in [0.4, 0.5) is 8.78 Å². The van der Waals surface area contributed by atoms with E-state index in [4.69, 9.17) is 5.73 Å². The molecule has 0 heterocycles. The molecular formula is C10H13F2NO. The number of aliphatic hydroxyl groups is 1. The average Bonchev–Trinajstić information content (AvgIpc) is 2.18. The van der Waals surface area contributed by atoms with E-state index in [1.807, 2.05) is 0 Å². The van der Waals surface area contributed by atoms with Gasteiger partial charge in [-0.25, -0.2) is 8.78 Å². The molecule has 0 radical (unpaired) electrons. The van der Waals surface area contributed by atoms with Crippen molar-refractivity contribution < 1.29 is 13.9 Å². The zero-order chi connectivity index (χ0) is 10.6. The Balaban J connectivity index is 2.94. The highest BCUT2D eigenvalue weighted by Crippen LogP contribution is 2.28. The van der Waals surface area contributed by atoms with Gasteiger partial charge in [-0.2, -0.15) is 0 Å². The summed E-state index contributed by atoms with van der Waals surface area (Å²) in [5.41, 5.74) is 5.40. The Morgan fingerprint density at radius 2 is 1.79 bits per heavy atom. The molecule has 1 aromatic carbocycles. The summed E-state index contributed by atoms with van der Waals surface area (Å²) >= 11 is 0. The van der Waals surface area contributed by atoms with Crippen LogP contribution in [0.3, 0.4) is 0 Å². The van der Waals surface area contributed by atoms with Crippen LogP contribution in [0.1, 0.15) is 30.1 Å². The van der Waals surface area contributed by atoms with Crippen LogP contribution in [-0.4, -0.2) is 11.7 Å². The highest BCUT2D eigenvalue weighted by atomic mass is 19.3. The molecule has 4 heteroatoms. The van der Waals surface area contributed by atoms with E-state index in [9.17, 15) is 13.9 Å². The van der Waals surface area contributed by atoms with Crippen LogP contribution in [0.15, 0.2) is 24.3 Å². The van der Waals surface area contributed by atoms with E-state index >= 15 is 0 Å². The van der Waals surface area contributed by atoms with Crippen molar-refractivity contribution in [2.75, 3.05) is 6.54 Å². The van der Waals surface area contributed by atoms with Gasteiger partial charge < -0.3 is 10.8 Å². The fourth-order valence-corrected chi connectivity index (χ4v) is 1.33. The number of nitrogens with two attached hydrogens (primary N) is 1. The van der Waals surface area contributed by atoms with Crippen LogP contribution >= 0.6 is 0 Å². The van der Waals surface area contributed by atoms with Gasteiger partial charge in [0.1, 0.15) is 0 Å². The summed E-state index contributed by atoms with van der Waals surface area (Å²) in [5, 5.41) is 9.54. The van der Waals surface area contributed by atoms with Crippen LogP contribution in [0.25, 0.3) is 0 Å². The van der Waals surface area contributed by atoms with Crippen LogP contribution in [-0.2, 0) is 0 Å². The van der Waals surface area contributed by atoms with Crippen LogP contribution < -0.4 is 5.73 Å². The monoisotopic (exact) mass is 201 g/mol. The second kappa shape index (κ2) is 5.02. The first-order valence-electron chi connectivity index (χ1n) is 4.42. The van der Waals surface area contributed by atoms with E-state index < -0.39 is 12.5 Å². The van der Waals surface area contributed by atoms with Crippen molar-refractivity contribution in [2.45, 2.75) is 19.0 Å². The average molecular weight is 201 g/mol. The van der Waals surface area contributed by atoms with Gasteiger partial charge in [-0.1, -0.05) is 24.3 Å². The van der Waals surface area contributed by atoms with Gasteiger partial charge in [0, 0.05) is 5.56 Å². The molecule has 3 N–H and O–H groups in total. The highest BCUT2D eigenvalue weighted by Gasteiger charge is 2.16. The minimum Gasteiger partial charge on any atom is -0.388 e. The summed E-state index contributed by atoms with van der Waals surface area (Å²) < 4.78 is 25.0. The Morgan fingerprint density at radius 1 is 1.21 bits per heavy atom. The van der Waals surface area contributed by atoms with Gasteiger partial charge in [0.05, 0.1) is 6.10 Å². The number of aliphatic hydroxyl groups excluding tert-OH is 1. The summed E-state index contributed by atoms with van der Waals surface area (Å²) in [5.74, 6) is 0. The third-order valence-electron chi connectivity index (χ3n) is 2.03. The largest absolute Gasteiger partial charge is 0.388 e. The number of benzene rings is 1. The molecule has 0 aliphatic heterocycles. The molecule has 0 aliphatic carbocycles.